The van der Waals surface area contributed by atoms with Gasteiger partial charge in [-0.2, -0.15) is 0 Å². The zero-order valence-corrected chi connectivity index (χ0v) is 17.0. The minimum absolute atomic E-state index is 0.0161. The monoisotopic (exact) mass is 372 g/mol. The van der Waals surface area contributed by atoms with Crippen LogP contribution < -0.4 is 5.32 Å². The van der Waals surface area contributed by atoms with E-state index in [1.165, 1.54) is 30.4 Å². The van der Waals surface area contributed by atoms with E-state index >= 15 is 0 Å². The molecule has 1 saturated carbocycles. The molecular formula is C25H28N2O. The molecule has 3 heteroatoms. The Morgan fingerprint density at radius 3 is 2.57 bits per heavy atom. The maximum Gasteiger partial charge on any atom is 0.252 e. The van der Waals surface area contributed by atoms with Crippen LogP contribution in [0.3, 0.4) is 0 Å². The Morgan fingerprint density at radius 2 is 1.79 bits per heavy atom. The summed E-state index contributed by atoms with van der Waals surface area (Å²) in [5.74, 6) is 0.549. The second-order valence-electron chi connectivity index (χ2n) is 8.21. The van der Waals surface area contributed by atoms with Crippen molar-refractivity contribution >= 4 is 16.8 Å². The number of carbonyl (C=O) groups is 1. The van der Waals surface area contributed by atoms with Crippen LogP contribution in [0.4, 0.5) is 0 Å². The van der Waals surface area contributed by atoms with Crippen LogP contribution in [0.15, 0.2) is 48.5 Å². The molecule has 3 nitrogen and oxygen atoms in total. The van der Waals surface area contributed by atoms with Gasteiger partial charge >= 0.3 is 0 Å². The molecule has 1 aliphatic rings. The first-order valence-corrected chi connectivity index (χ1v) is 10.3. The summed E-state index contributed by atoms with van der Waals surface area (Å²) in [6, 6.07) is 16.5. The number of hydrogen-bond acceptors (Lipinski definition) is 2. The van der Waals surface area contributed by atoms with Crippen LogP contribution in [0.1, 0.15) is 54.1 Å². The van der Waals surface area contributed by atoms with Crippen molar-refractivity contribution in [1.29, 1.82) is 0 Å². The molecule has 3 aromatic rings. The summed E-state index contributed by atoms with van der Waals surface area (Å²) in [7, 11) is 0. The van der Waals surface area contributed by atoms with Crippen molar-refractivity contribution in [1.82, 2.24) is 10.3 Å². The summed E-state index contributed by atoms with van der Waals surface area (Å²) in [5.41, 5.74) is 5.97. The van der Waals surface area contributed by atoms with Crippen molar-refractivity contribution in [2.45, 2.75) is 52.5 Å². The van der Waals surface area contributed by atoms with E-state index in [4.69, 9.17) is 4.98 Å². The summed E-state index contributed by atoms with van der Waals surface area (Å²) >= 11 is 0. The third-order valence-corrected chi connectivity index (χ3v) is 6.19. The SMILES string of the molecule is Cc1ccc(-c2cc(C(=O)N[C@@H]3CCCC[C@@H]3C)c3ccccc3n2)cc1C. The Bertz CT molecular complexity index is 1020. The molecule has 1 fully saturated rings. The molecule has 2 atom stereocenters. The third-order valence-electron chi connectivity index (χ3n) is 6.19. The molecule has 0 radical (unpaired) electrons. The van der Waals surface area contributed by atoms with Crippen LogP contribution in [-0.4, -0.2) is 16.9 Å². The van der Waals surface area contributed by atoms with Gasteiger partial charge in [-0.1, -0.05) is 50.1 Å². The lowest BCUT2D eigenvalue weighted by Gasteiger charge is -2.29. The Hall–Kier alpha value is -2.68. The fourth-order valence-corrected chi connectivity index (χ4v) is 4.19. The maximum absolute atomic E-state index is 13.2. The summed E-state index contributed by atoms with van der Waals surface area (Å²) in [6.07, 6.45) is 4.72. The van der Waals surface area contributed by atoms with Gasteiger partial charge in [0.15, 0.2) is 0 Å². The fraction of sp³-hybridized carbons (Fsp3) is 0.360. The highest BCUT2D eigenvalue weighted by atomic mass is 16.1. The number of para-hydroxylation sites is 1. The maximum atomic E-state index is 13.2. The standard InChI is InChI=1S/C25H28N2O/c1-16-12-13-19(14-18(16)3)24-15-21(20-9-5-7-11-23(20)26-24)25(28)27-22-10-6-4-8-17(22)2/h5,7,9,11-15,17,22H,4,6,8,10H2,1-3H3,(H,27,28)/t17-,22+/m0/s1. The van der Waals surface area contributed by atoms with Crippen LogP contribution in [0.2, 0.25) is 0 Å². The first-order chi connectivity index (χ1) is 13.5. The molecule has 4 rings (SSSR count). The quantitative estimate of drug-likeness (QED) is 0.629. The predicted molar refractivity (Wildman–Crippen MR) is 116 cm³/mol. The molecule has 0 saturated heterocycles. The molecule has 0 bridgehead atoms. The molecule has 1 aromatic heterocycles. The zero-order valence-electron chi connectivity index (χ0n) is 17.0. The van der Waals surface area contributed by atoms with E-state index in [9.17, 15) is 4.79 Å². The van der Waals surface area contributed by atoms with E-state index < -0.39 is 0 Å². The van der Waals surface area contributed by atoms with Crippen molar-refractivity contribution in [2.75, 3.05) is 0 Å². The van der Waals surface area contributed by atoms with Gasteiger partial charge in [0, 0.05) is 17.0 Å². The molecule has 28 heavy (non-hydrogen) atoms. The zero-order chi connectivity index (χ0) is 19.7. The third kappa shape index (κ3) is 3.66. The molecular weight excluding hydrogens is 344 g/mol. The lowest BCUT2D eigenvalue weighted by atomic mass is 9.85. The summed E-state index contributed by atoms with van der Waals surface area (Å²) in [4.78, 5) is 18.1. The van der Waals surface area contributed by atoms with Gasteiger partial charge in [0.2, 0.25) is 0 Å². The second kappa shape index (κ2) is 7.75. The van der Waals surface area contributed by atoms with E-state index in [1.54, 1.807) is 0 Å². The van der Waals surface area contributed by atoms with Crippen molar-refractivity contribution in [3.05, 3.63) is 65.2 Å². The Balaban J connectivity index is 1.75. The number of nitrogens with one attached hydrogen (secondary N) is 1. The number of aryl methyl sites for hydroxylation is 2. The van der Waals surface area contributed by atoms with Gasteiger partial charge in [0.25, 0.3) is 5.91 Å². The number of amides is 1. The lowest BCUT2D eigenvalue weighted by Crippen LogP contribution is -2.41. The van der Waals surface area contributed by atoms with Gasteiger partial charge < -0.3 is 5.32 Å². The van der Waals surface area contributed by atoms with Gasteiger partial charge in [-0.25, -0.2) is 4.98 Å². The van der Waals surface area contributed by atoms with Gasteiger partial charge in [-0.3, -0.25) is 4.79 Å². The minimum Gasteiger partial charge on any atom is -0.349 e. The van der Waals surface area contributed by atoms with Crippen molar-refractivity contribution < 1.29 is 4.79 Å². The number of hydrogen-bond donors (Lipinski definition) is 1. The highest BCUT2D eigenvalue weighted by molar-refractivity contribution is 6.07. The van der Waals surface area contributed by atoms with E-state index in [1.807, 2.05) is 30.3 Å². The Labute approximate surface area is 167 Å². The van der Waals surface area contributed by atoms with Crippen LogP contribution in [0, 0.1) is 19.8 Å². The first-order valence-electron chi connectivity index (χ1n) is 10.3. The average molecular weight is 373 g/mol. The first kappa shape index (κ1) is 18.7. The van der Waals surface area contributed by atoms with Crippen LogP contribution in [-0.2, 0) is 0 Å². The van der Waals surface area contributed by atoms with E-state index in [0.29, 0.717) is 5.92 Å². The molecule has 0 unspecified atom stereocenters. The average Bonchev–Trinajstić information content (AvgIpc) is 2.71. The van der Waals surface area contributed by atoms with Gasteiger partial charge in [-0.15, -0.1) is 0 Å². The highest BCUT2D eigenvalue weighted by Crippen LogP contribution is 2.28. The number of carbonyl (C=O) groups excluding carboxylic acids is 1. The van der Waals surface area contributed by atoms with E-state index in [2.05, 4.69) is 44.3 Å². The van der Waals surface area contributed by atoms with Crippen LogP contribution >= 0.6 is 0 Å². The predicted octanol–water partition coefficient (Wildman–Crippen LogP) is 5.83. The second-order valence-corrected chi connectivity index (χ2v) is 8.21. The van der Waals surface area contributed by atoms with Crippen molar-refractivity contribution in [2.24, 2.45) is 5.92 Å². The van der Waals surface area contributed by atoms with Crippen molar-refractivity contribution in [3.8, 4) is 11.3 Å². The molecule has 2 aromatic carbocycles. The van der Waals surface area contributed by atoms with E-state index in [-0.39, 0.29) is 11.9 Å². The summed E-state index contributed by atoms with van der Waals surface area (Å²) in [5, 5.41) is 4.22. The molecule has 1 N–H and O–H groups in total. The largest absolute Gasteiger partial charge is 0.349 e. The molecule has 1 aliphatic carbocycles. The molecule has 0 spiro atoms. The molecule has 0 aliphatic heterocycles. The van der Waals surface area contributed by atoms with Gasteiger partial charge in [-0.05, 0) is 61.9 Å². The summed E-state index contributed by atoms with van der Waals surface area (Å²) in [6.45, 7) is 6.46. The number of benzene rings is 2. The van der Waals surface area contributed by atoms with E-state index in [0.717, 1.165) is 34.1 Å². The summed E-state index contributed by atoms with van der Waals surface area (Å²) < 4.78 is 0. The number of nitrogens with zero attached hydrogens (tertiary/aromatic N) is 1. The minimum atomic E-state index is 0.0161. The Kier molecular flexibility index (Phi) is 5.17. The van der Waals surface area contributed by atoms with Gasteiger partial charge in [0.05, 0.1) is 16.8 Å². The molecule has 144 valence electrons. The van der Waals surface area contributed by atoms with Crippen molar-refractivity contribution in [3.63, 3.8) is 0 Å². The molecule has 1 heterocycles. The topological polar surface area (TPSA) is 42.0 Å². The molecule has 1 amide bonds. The number of fused-ring (bicyclic) bond motifs is 1. The fourth-order valence-electron chi connectivity index (χ4n) is 4.19. The smallest absolute Gasteiger partial charge is 0.252 e. The number of rotatable bonds is 3. The van der Waals surface area contributed by atoms with Gasteiger partial charge in [0.1, 0.15) is 0 Å². The number of pyridine rings is 1. The lowest BCUT2D eigenvalue weighted by molar-refractivity contribution is 0.0912. The number of aromatic nitrogens is 1. The van der Waals surface area contributed by atoms with Crippen LogP contribution in [0.25, 0.3) is 22.2 Å². The van der Waals surface area contributed by atoms with Crippen LogP contribution in [0.5, 0.6) is 0 Å². The normalized spacial score (nSPS) is 19.5. The Morgan fingerprint density at radius 1 is 1.00 bits per heavy atom. The highest BCUT2D eigenvalue weighted by Gasteiger charge is 2.24.